The molecule has 22 heavy (non-hydrogen) atoms. The predicted octanol–water partition coefficient (Wildman–Crippen LogP) is 3.12. The number of benzene rings is 2. The first-order chi connectivity index (χ1) is 10.4. The van der Waals surface area contributed by atoms with E-state index in [4.69, 9.17) is 5.26 Å². The van der Waals surface area contributed by atoms with Gasteiger partial charge in [-0.3, -0.25) is 4.72 Å². The lowest BCUT2D eigenvalue weighted by atomic mass is 10.2. The van der Waals surface area contributed by atoms with Gasteiger partial charge >= 0.3 is 0 Å². The molecule has 0 heterocycles. The van der Waals surface area contributed by atoms with Gasteiger partial charge in [-0.15, -0.1) is 0 Å². The third-order valence-electron chi connectivity index (χ3n) is 3.07. The highest BCUT2D eigenvalue weighted by Crippen LogP contribution is 2.21. The standard InChI is InChI=1S/C16H17N3O2S/c1-12-6-3-4-9-16(12)22(20,21)19-15-8-5-7-14(10-15)18-13(2)11-17/h3-10,13,18-19H,1-2H3. The van der Waals surface area contributed by atoms with Gasteiger partial charge in [0.2, 0.25) is 0 Å². The highest BCUT2D eigenvalue weighted by molar-refractivity contribution is 7.92. The van der Waals surface area contributed by atoms with Gasteiger partial charge in [0.1, 0.15) is 6.04 Å². The van der Waals surface area contributed by atoms with Gasteiger partial charge in [0.15, 0.2) is 0 Å². The summed E-state index contributed by atoms with van der Waals surface area (Å²) in [6.45, 7) is 3.48. The molecule has 1 unspecified atom stereocenters. The Morgan fingerprint density at radius 1 is 1.09 bits per heavy atom. The maximum Gasteiger partial charge on any atom is 0.262 e. The van der Waals surface area contributed by atoms with Crippen LogP contribution in [0.25, 0.3) is 0 Å². The van der Waals surface area contributed by atoms with Crippen LogP contribution >= 0.6 is 0 Å². The van der Waals surface area contributed by atoms with Gasteiger partial charge < -0.3 is 5.32 Å². The maximum atomic E-state index is 12.4. The van der Waals surface area contributed by atoms with E-state index in [9.17, 15) is 8.42 Å². The molecule has 2 N–H and O–H groups in total. The molecule has 0 aliphatic carbocycles. The third kappa shape index (κ3) is 3.77. The molecular weight excluding hydrogens is 298 g/mol. The highest BCUT2D eigenvalue weighted by Gasteiger charge is 2.16. The summed E-state index contributed by atoms with van der Waals surface area (Å²) in [4.78, 5) is 0.249. The summed E-state index contributed by atoms with van der Waals surface area (Å²) < 4.78 is 27.4. The van der Waals surface area contributed by atoms with E-state index in [1.807, 2.05) is 0 Å². The van der Waals surface area contributed by atoms with Crippen molar-refractivity contribution in [3.63, 3.8) is 0 Å². The van der Waals surface area contributed by atoms with Gasteiger partial charge in [-0.1, -0.05) is 24.3 Å². The van der Waals surface area contributed by atoms with E-state index in [0.29, 0.717) is 16.9 Å². The average molecular weight is 315 g/mol. The van der Waals surface area contributed by atoms with Gasteiger partial charge in [-0.25, -0.2) is 8.42 Å². The van der Waals surface area contributed by atoms with Crippen LogP contribution in [0.3, 0.4) is 0 Å². The lowest BCUT2D eigenvalue weighted by Gasteiger charge is -2.12. The van der Waals surface area contributed by atoms with Crippen LogP contribution in [0.5, 0.6) is 0 Å². The maximum absolute atomic E-state index is 12.4. The monoisotopic (exact) mass is 315 g/mol. The Hall–Kier alpha value is -2.52. The summed E-state index contributed by atoms with van der Waals surface area (Å²) in [6, 6.07) is 15.3. The van der Waals surface area contributed by atoms with Gasteiger partial charge in [-0.2, -0.15) is 5.26 Å². The van der Waals surface area contributed by atoms with Crippen molar-refractivity contribution in [3.05, 3.63) is 54.1 Å². The minimum absolute atomic E-state index is 0.249. The van der Waals surface area contributed by atoms with Gasteiger partial charge in [-0.05, 0) is 43.7 Å². The Morgan fingerprint density at radius 3 is 2.45 bits per heavy atom. The number of aryl methyl sites for hydroxylation is 1. The molecule has 5 nitrogen and oxygen atoms in total. The first-order valence-electron chi connectivity index (χ1n) is 6.77. The molecule has 1 atom stereocenters. The van der Waals surface area contributed by atoms with Crippen LogP contribution in [-0.2, 0) is 10.0 Å². The molecule has 0 aliphatic heterocycles. The fraction of sp³-hybridized carbons (Fsp3) is 0.188. The van der Waals surface area contributed by atoms with Crippen LogP contribution in [0, 0.1) is 18.3 Å². The molecule has 2 rings (SSSR count). The third-order valence-corrected chi connectivity index (χ3v) is 4.62. The number of hydrogen-bond acceptors (Lipinski definition) is 4. The number of nitrogens with zero attached hydrogens (tertiary/aromatic N) is 1. The average Bonchev–Trinajstić information content (AvgIpc) is 2.47. The second-order valence-corrected chi connectivity index (χ2v) is 6.60. The van der Waals surface area contributed by atoms with Crippen molar-refractivity contribution in [2.75, 3.05) is 10.0 Å². The Labute approximate surface area is 130 Å². The number of nitriles is 1. The van der Waals surface area contributed by atoms with E-state index in [1.54, 1.807) is 62.4 Å². The van der Waals surface area contributed by atoms with E-state index in [1.165, 1.54) is 0 Å². The lowest BCUT2D eigenvalue weighted by molar-refractivity contribution is 0.600. The van der Waals surface area contributed by atoms with E-state index in [2.05, 4.69) is 16.1 Å². The first-order valence-corrected chi connectivity index (χ1v) is 8.25. The summed E-state index contributed by atoms with van der Waals surface area (Å²) in [5.74, 6) is 0. The molecule has 0 saturated carbocycles. The lowest BCUT2D eigenvalue weighted by Crippen LogP contribution is -2.15. The van der Waals surface area contributed by atoms with Crippen LogP contribution in [0.1, 0.15) is 12.5 Å². The molecule has 0 aliphatic rings. The van der Waals surface area contributed by atoms with Crippen LogP contribution in [0.15, 0.2) is 53.4 Å². The fourth-order valence-corrected chi connectivity index (χ4v) is 3.32. The van der Waals surface area contributed by atoms with E-state index in [-0.39, 0.29) is 10.9 Å². The van der Waals surface area contributed by atoms with Crippen molar-refractivity contribution in [2.45, 2.75) is 24.8 Å². The van der Waals surface area contributed by atoms with E-state index in [0.717, 1.165) is 0 Å². The molecule has 0 spiro atoms. The molecule has 2 aromatic rings. The quantitative estimate of drug-likeness (QED) is 0.888. The second-order valence-electron chi connectivity index (χ2n) is 4.95. The number of sulfonamides is 1. The topological polar surface area (TPSA) is 82.0 Å². The van der Waals surface area contributed by atoms with E-state index < -0.39 is 10.0 Å². The second kappa shape index (κ2) is 6.50. The summed E-state index contributed by atoms with van der Waals surface area (Å²) >= 11 is 0. The molecule has 0 fully saturated rings. The molecule has 6 heteroatoms. The molecule has 0 aromatic heterocycles. The normalized spacial score (nSPS) is 12.2. The van der Waals surface area contributed by atoms with Gasteiger partial charge in [0.25, 0.3) is 10.0 Å². The molecule has 114 valence electrons. The van der Waals surface area contributed by atoms with Crippen molar-refractivity contribution < 1.29 is 8.42 Å². The minimum Gasteiger partial charge on any atom is -0.370 e. The molecule has 0 radical (unpaired) electrons. The van der Waals surface area contributed by atoms with Crippen molar-refractivity contribution in [1.29, 1.82) is 5.26 Å². The van der Waals surface area contributed by atoms with Crippen LogP contribution in [0.4, 0.5) is 11.4 Å². The van der Waals surface area contributed by atoms with Crippen LogP contribution < -0.4 is 10.0 Å². The summed E-state index contributed by atoms with van der Waals surface area (Å²) in [7, 11) is -3.64. The Kier molecular flexibility index (Phi) is 4.68. The molecule has 2 aromatic carbocycles. The number of rotatable bonds is 5. The fourth-order valence-electron chi connectivity index (χ4n) is 2.02. The zero-order valence-corrected chi connectivity index (χ0v) is 13.2. The molecule has 0 amide bonds. The first kappa shape index (κ1) is 15.9. The van der Waals surface area contributed by atoms with Crippen molar-refractivity contribution in [3.8, 4) is 6.07 Å². The number of nitrogens with one attached hydrogen (secondary N) is 2. The summed E-state index contributed by atoms with van der Waals surface area (Å²) in [6.07, 6.45) is 0. The zero-order valence-electron chi connectivity index (χ0n) is 12.4. The smallest absolute Gasteiger partial charge is 0.262 e. The zero-order chi connectivity index (χ0) is 16.2. The van der Waals surface area contributed by atoms with E-state index >= 15 is 0 Å². The molecule has 0 saturated heterocycles. The highest BCUT2D eigenvalue weighted by atomic mass is 32.2. The Morgan fingerprint density at radius 2 is 1.77 bits per heavy atom. The minimum atomic E-state index is -3.64. The van der Waals surface area contributed by atoms with Crippen LogP contribution in [0.2, 0.25) is 0 Å². The predicted molar refractivity (Wildman–Crippen MR) is 87.1 cm³/mol. The summed E-state index contributed by atoms with van der Waals surface area (Å²) in [5, 5.41) is 11.8. The van der Waals surface area contributed by atoms with Gasteiger partial charge in [0, 0.05) is 5.69 Å². The largest absolute Gasteiger partial charge is 0.370 e. The van der Waals surface area contributed by atoms with Crippen molar-refractivity contribution in [1.82, 2.24) is 0 Å². The Bertz CT molecular complexity index is 810. The van der Waals surface area contributed by atoms with Crippen molar-refractivity contribution >= 4 is 21.4 Å². The number of anilines is 2. The molecular formula is C16H17N3O2S. The SMILES string of the molecule is Cc1ccccc1S(=O)(=O)Nc1cccc(NC(C)C#N)c1. The van der Waals surface area contributed by atoms with Gasteiger partial charge in [0.05, 0.1) is 16.7 Å². The molecule has 0 bridgehead atoms. The number of hydrogen-bond donors (Lipinski definition) is 2. The Balaban J connectivity index is 2.26. The summed E-state index contributed by atoms with van der Waals surface area (Å²) in [5.41, 5.74) is 1.81. The van der Waals surface area contributed by atoms with Crippen LogP contribution in [-0.4, -0.2) is 14.5 Å². The van der Waals surface area contributed by atoms with Crippen molar-refractivity contribution in [2.24, 2.45) is 0 Å².